The Bertz CT molecular complexity index is 804. The summed E-state index contributed by atoms with van der Waals surface area (Å²) in [5, 5.41) is 0. The highest BCUT2D eigenvalue weighted by atomic mass is 19.1. The lowest BCUT2D eigenvalue weighted by Gasteiger charge is -2.36. The molecule has 1 saturated heterocycles. The van der Waals surface area contributed by atoms with Gasteiger partial charge in [0.2, 0.25) is 0 Å². The van der Waals surface area contributed by atoms with Crippen LogP contribution in [0.15, 0.2) is 48.5 Å². The summed E-state index contributed by atoms with van der Waals surface area (Å²) in [6, 6.07) is 13.1. The highest BCUT2D eigenvalue weighted by molar-refractivity contribution is 5.95. The Hall–Kier alpha value is -3.09. The van der Waals surface area contributed by atoms with Crippen LogP contribution < -0.4 is 15.4 Å². The number of para-hydroxylation sites is 2. The quantitative estimate of drug-likeness (QED) is 0.883. The summed E-state index contributed by atoms with van der Waals surface area (Å²) in [6.45, 7) is 1.88. The number of nitrogens with two attached hydrogens (primary N) is 1. The van der Waals surface area contributed by atoms with Gasteiger partial charge in [0.1, 0.15) is 11.6 Å². The minimum Gasteiger partial charge on any atom is -0.483 e. The van der Waals surface area contributed by atoms with Crippen molar-refractivity contribution in [3.05, 3.63) is 59.9 Å². The van der Waals surface area contributed by atoms with Crippen LogP contribution in [-0.2, 0) is 4.79 Å². The van der Waals surface area contributed by atoms with Crippen LogP contribution in [0.25, 0.3) is 0 Å². The number of rotatable bonds is 5. The van der Waals surface area contributed by atoms with Gasteiger partial charge in [0.15, 0.2) is 6.61 Å². The lowest BCUT2D eigenvalue weighted by molar-refractivity contribution is -0.133. The monoisotopic (exact) mass is 357 g/mol. The SMILES string of the molecule is NC(=O)c1ccccc1OCC(=O)N1CCN(c2ccccc2F)CC1. The van der Waals surface area contributed by atoms with E-state index in [9.17, 15) is 14.0 Å². The van der Waals surface area contributed by atoms with Gasteiger partial charge in [-0.1, -0.05) is 24.3 Å². The van der Waals surface area contributed by atoms with E-state index < -0.39 is 5.91 Å². The number of ether oxygens (including phenoxy) is 1. The molecule has 1 aliphatic heterocycles. The van der Waals surface area contributed by atoms with Crippen molar-refractivity contribution in [1.82, 2.24) is 4.90 Å². The molecule has 7 heteroatoms. The van der Waals surface area contributed by atoms with Crippen molar-refractivity contribution >= 4 is 17.5 Å². The summed E-state index contributed by atoms with van der Waals surface area (Å²) in [5.41, 5.74) is 6.08. The smallest absolute Gasteiger partial charge is 0.260 e. The van der Waals surface area contributed by atoms with Gasteiger partial charge in [-0.25, -0.2) is 4.39 Å². The van der Waals surface area contributed by atoms with Crippen LogP contribution in [0.4, 0.5) is 10.1 Å². The third kappa shape index (κ3) is 3.93. The van der Waals surface area contributed by atoms with Gasteiger partial charge < -0.3 is 20.3 Å². The predicted octanol–water partition coefficient (Wildman–Crippen LogP) is 1.65. The Morgan fingerprint density at radius 3 is 2.35 bits per heavy atom. The maximum atomic E-state index is 13.9. The minimum absolute atomic E-state index is 0.177. The summed E-state index contributed by atoms with van der Waals surface area (Å²) in [5.74, 6) is -0.763. The number of halogens is 1. The van der Waals surface area contributed by atoms with E-state index in [0.29, 0.717) is 37.6 Å². The number of hydrogen-bond acceptors (Lipinski definition) is 4. The van der Waals surface area contributed by atoms with Crippen LogP contribution in [0.2, 0.25) is 0 Å². The second kappa shape index (κ2) is 7.86. The third-order valence-electron chi connectivity index (χ3n) is 4.33. The molecule has 26 heavy (non-hydrogen) atoms. The molecule has 2 aromatic rings. The van der Waals surface area contributed by atoms with Gasteiger partial charge in [-0.15, -0.1) is 0 Å². The number of nitrogens with zero attached hydrogens (tertiary/aromatic N) is 2. The predicted molar refractivity (Wildman–Crippen MR) is 95.6 cm³/mol. The molecule has 0 saturated carbocycles. The first-order valence-corrected chi connectivity index (χ1v) is 8.35. The van der Waals surface area contributed by atoms with E-state index in [4.69, 9.17) is 10.5 Å². The lowest BCUT2D eigenvalue weighted by Crippen LogP contribution is -2.50. The molecule has 2 N–H and O–H groups in total. The van der Waals surface area contributed by atoms with E-state index in [2.05, 4.69) is 0 Å². The van der Waals surface area contributed by atoms with E-state index in [0.717, 1.165) is 0 Å². The fraction of sp³-hybridized carbons (Fsp3) is 0.263. The molecule has 0 bridgehead atoms. The Kier molecular flexibility index (Phi) is 5.36. The number of carbonyl (C=O) groups is 2. The van der Waals surface area contributed by atoms with E-state index in [1.165, 1.54) is 6.07 Å². The van der Waals surface area contributed by atoms with E-state index in [-0.39, 0.29) is 23.9 Å². The molecule has 6 nitrogen and oxygen atoms in total. The maximum absolute atomic E-state index is 13.9. The van der Waals surface area contributed by atoms with Crippen molar-refractivity contribution in [1.29, 1.82) is 0 Å². The first kappa shape index (κ1) is 17.7. The number of primary amides is 1. The minimum atomic E-state index is -0.605. The topological polar surface area (TPSA) is 75.9 Å². The van der Waals surface area contributed by atoms with Crippen LogP contribution in [0.1, 0.15) is 10.4 Å². The normalized spacial score (nSPS) is 14.2. The van der Waals surface area contributed by atoms with Gasteiger partial charge in [0.05, 0.1) is 11.3 Å². The molecule has 136 valence electrons. The number of carbonyl (C=O) groups excluding carboxylic acids is 2. The van der Waals surface area contributed by atoms with E-state index >= 15 is 0 Å². The molecule has 2 aromatic carbocycles. The van der Waals surface area contributed by atoms with Crippen LogP contribution in [-0.4, -0.2) is 49.5 Å². The number of hydrogen-bond donors (Lipinski definition) is 1. The second-order valence-corrected chi connectivity index (χ2v) is 5.97. The highest BCUT2D eigenvalue weighted by Crippen LogP contribution is 2.21. The fourth-order valence-electron chi connectivity index (χ4n) is 2.93. The molecule has 1 heterocycles. The number of amides is 2. The van der Waals surface area contributed by atoms with Gasteiger partial charge in [-0.05, 0) is 24.3 Å². The zero-order chi connectivity index (χ0) is 18.5. The third-order valence-corrected chi connectivity index (χ3v) is 4.33. The zero-order valence-electron chi connectivity index (χ0n) is 14.2. The molecule has 0 unspecified atom stereocenters. The van der Waals surface area contributed by atoms with Crippen LogP contribution in [0.5, 0.6) is 5.75 Å². The second-order valence-electron chi connectivity index (χ2n) is 5.97. The van der Waals surface area contributed by atoms with Gasteiger partial charge >= 0.3 is 0 Å². The van der Waals surface area contributed by atoms with E-state index in [1.54, 1.807) is 47.4 Å². The van der Waals surface area contributed by atoms with E-state index in [1.807, 2.05) is 4.90 Å². The van der Waals surface area contributed by atoms with Crippen molar-refractivity contribution in [2.45, 2.75) is 0 Å². The van der Waals surface area contributed by atoms with Crippen molar-refractivity contribution in [2.75, 3.05) is 37.7 Å². The van der Waals surface area contributed by atoms with Gasteiger partial charge in [-0.3, -0.25) is 9.59 Å². The van der Waals surface area contributed by atoms with Crippen molar-refractivity contribution < 1.29 is 18.7 Å². The standard InChI is InChI=1S/C19H20FN3O3/c20-15-6-2-3-7-16(15)22-9-11-23(12-10-22)18(24)13-26-17-8-4-1-5-14(17)19(21)25/h1-8H,9-13H2,(H2,21,25). The molecule has 0 radical (unpaired) electrons. The molecular weight excluding hydrogens is 337 g/mol. The van der Waals surface area contributed by atoms with Crippen LogP contribution in [0.3, 0.4) is 0 Å². The Morgan fingerprint density at radius 1 is 1.00 bits per heavy atom. The Morgan fingerprint density at radius 2 is 1.65 bits per heavy atom. The Balaban J connectivity index is 1.55. The van der Waals surface area contributed by atoms with Gasteiger partial charge in [0.25, 0.3) is 11.8 Å². The fourth-order valence-corrected chi connectivity index (χ4v) is 2.93. The summed E-state index contributed by atoms with van der Waals surface area (Å²) in [7, 11) is 0. The first-order chi connectivity index (χ1) is 12.6. The lowest BCUT2D eigenvalue weighted by atomic mass is 10.2. The molecule has 2 amide bonds. The van der Waals surface area contributed by atoms with Crippen molar-refractivity contribution in [3.63, 3.8) is 0 Å². The summed E-state index contributed by atoms with van der Waals surface area (Å²) >= 11 is 0. The molecule has 3 rings (SSSR count). The average Bonchev–Trinajstić information content (AvgIpc) is 2.67. The molecule has 0 aliphatic carbocycles. The molecule has 0 spiro atoms. The molecule has 0 atom stereocenters. The number of anilines is 1. The Labute approximate surface area is 150 Å². The van der Waals surface area contributed by atoms with Gasteiger partial charge in [-0.2, -0.15) is 0 Å². The molecular formula is C19H20FN3O3. The molecule has 1 fully saturated rings. The molecule has 1 aliphatic rings. The number of piperazine rings is 1. The van der Waals surface area contributed by atoms with Crippen LogP contribution >= 0.6 is 0 Å². The van der Waals surface area contributed by atoms with Crippen LogP contribution in [0, 0.1) is 5.82 Å². The zero-order valence-corrected chi connectivity index (χ0v) is 14.2. The highest BCUT2D eigenvalue weighted by Gasteiger charge is 2.23. The maximum Gasteiger partial charge on any atom is 0.260 e. The molecule has 0 aromatic heterocycles. The van der Waals surface area contributed by atoms with Crippen molar-refractivity contribution in [2.24, 2.45) is 5.73 Å². The average molecular weight is 357 g/mol. The first-order valence-electron chi connectivity index (χ1n) is 8.35. The summed E-state index contributed by atoms with van der Waals surface area (Å²) in [4.78, 5) is 27.3. The summed E-state index contributed by atoms with van der Waals surface area (Å²) < 4.78 is 19.3. The summed E-state index contributed by atoms with van der Waals surface area (Å²) in [6.07, 6.45) is 0. The largest absolute Gasteiger partial charge is 0.483 e. The van der Waals surface area contributed by atoms with Crippen molar-refractivity contribution in [3.8, 4) is 5.75 Å². The van der Waals surface area contributed by atoms with Gasteiger partial charge in [0, 0.05) is 26.2 Å². The number of benzene rings is 2.